The smallest absolute Gasteiger partial charge is 0.265 e. The van der Waals surface area contributed by atoms with E-state index in [1.165, 1.54) is 5.56 Å². The zero-order valence-corrected chi connectivity index (χ0v) is 15.9. The molecule has 3 aromatic rings. The maximum absolute atomic E-state index is 13.5. The number of benzene rings is 1. The van der Waals surface area contributed by atoms with Gasteiger partial charge in [0.25, 0.3) is 5.56 Å². The molecule has 0 N–H and O–H groups in total. The van der Waals surface area contributed by atoms with Crippen molar-refractivity contribution in [2.24, 2.45) is 7.05 Å². The molecule has 6 heteroatoms. The summed E-state index contributed by atoms with van der Waals surface area (Å²) >= 11 is 1.57. The number of aromatic nitrogens is 4. The molecule has 4 rings (SSSR count). The Kier molecular flexibility index (Phi) is 3.76. The normalized spacial score (nSPS) is 19.0. The molecule has 0 saturated carbocycles. The van der Waals surface area contributed by atoms with E-state index in [1.54, 1.807) is 20.8 Å². The van der Waals surface area contributed by atoms with E-state index in [-0.39, 0.29) is 11.0 Å². The Bertz CT molecular complexity index is 1040. The number of rotatable bonds is 3. The van der Waals surface area contributed by atoms with Crippen LogP contribution in [0.25, 0.3) is 17.0 Å². The van der Waals surface area contributed by atoms with Gasteiger partial charge in [-0.3, -0.25) is 4.79 Å². The van der Waals surface area contributed by atoms with Gasteiger partial charge in [0, 0.05) is 18.0 Å². The molecule has 0 unspecified atom stereocenters. The molecule has 0 spiro atoms. The molecule has 0 radical (unpaired) electrons. The molecule has 0 saturated heterocycles. The Labute approximate surface area is 151 Å². The first-order chi connectivity index (χ1) is 12.0. The van der Waals surface area contributed by atoms with Gasteiger partial charge in [0.15, 0.2) is 5.16 Å². The first kappa shape index (κ1) is 16.4. The molecule has 0 amide bonds. The van der Waals surface area contributed by atoms with Gasteiger partial charge < -0.3 is 0 Å². The summed E-state index contributed by atoms with van der Waals surface area (Å²) in [5, 5.41) is 5.24. The fraction of sp³-hybridized carbons (Fsp3) is 0.421. The summed E-state index contributed by atoms with van der Waals surface area (Å²) in [5.74, 6) is 1.47. The highest BCUT2D eigenvalue weighted by atomic mass is 32.2. The number of aryl methyl sites for hydroxylation is 1. The molecule has 1 aromatic carbocycles. The summed E-state index contributed by atoms with van der Waals surface area (Å²) in [5.41, 5.74) is 3.82. The van der Waals surface area contributed by atoms with Crippen molar-refractivity contribution < 1.29 is 0 Å². The molecule has 0 bridgehead atoms. The second kappa shape index (κ2) is 5.73. The van der Waals surface area contributed by atoms with Crippen molar-refractivity contribution in [3.63, 3.8) is 0 Å². The predicted octanol–water partition coefficient (Wildman–Crippen LogP) is 3.43. The minimum Gasteiger partial charge on any atom is -0.268 e. The van der Waals surface area contributed by atoms with E-state index >= 15 is 0 Å². The number of fused-ring (bicyclic) bond motifs is 4. The van der Waals surface area contributed by atoms with E-state index in [9.17, 15) is 4.79 Å². The molecule has 1 aliphatic carbocycles. The van der Waals surface area contributed by atoms with Crippen LogP contribution in [0, 0.1) is 0 Å². The fourth-order valence-corrected chi connectivity index (χ4v) is 4.53. The van der Waals surface area contributed by atoms with Crippen LogP contribution in [0.2, 0.25) is 0 Å². The zero-order valence-electron chi connectivity index (χ0n) is 15.0. The van der Waals surface area contributed by atoms with Crippen LogP contribution in [-0.2, 0) is 18.9 Å². The maximum Gasteiger partial charge on any atom is 0.265 e. The van der Waals surface area contributed by atoms with Crippen LogP contribution in [0.3, 0.4) is 0 Å². The Hall–Kier alpha value is -2.08. The molecule has 1 aliphatic rings. The first-order valence-corrected chi connectivity index (χ1v) is 9.70. The van der Waals surface area contributed by atoms with Crippen LogP contribution in [0.4, 0.5) is 0 Å². The van der Waals surface area contributed by atoms with Crippen molar-refractivity contribution in [1.29, 1.82) is 0 Å². The molecule has 0 aliphatic heterocycles. The molecule has 25 heavy (non-hydrogen) atoms. The molecule has 1 atom stereocenters. The van der Waals surface area contributed by atoms with Crippen molar-refractivity contribution >= 4 is 17.5 Å². The van der Waals surface area contributed by atoms with E-state index in [0.717, 1.165) is 40.6 Å². The summed E-state index contributed by atoms with van der Waals surface area (Å²) in [6.45, 7) is 6.39. The van der Waals surface area contributed by atoms with Crippen molar-refractivity contribution in [3.05, 3.63) is 45.7 Å². The SMILES string of the molecule is CCSc1nn(C)c2nc3c(c(=O)n12)[C@@](C)(CC)Cc1ccccc1-3. The second-order valence-corrected chi connectivity index (χ2v) is 8.09. The minimum absolute atomic E-state index is 0.0305. The average molecular weight is 354 g/mol. The maximum atomic E-state index is 13.5. The Morgan fingerprint density at radius 2 is 2.04 bits per heavy atom. The van der Waals surface area contributed by atoms with Gasteiger partial charge >= 0.3 is 0 Å². The van der Waals surface area contributed by atoms with Crippen molar-refractivity contribution in [2.45, 2.75) is 44.2 Å². The molecule has 5 nitrogen and oxygen atoms in total. The van der Waals surface area contributed by atoms with E-state index in [1.807, 2.05) is 13.1 Å². The number of nitrogens with zero attached hydrogens (tertiary/aromatic N) is 4. The highest BCUT2D eigenvalue weighted by Gasteiger charge is 2.38. The lowest BCUT2D eigenvalue weighted by Gasteiger charge is -2.34. The van der Waals surface area contributed by atoms with Crippen LogP contribution in [0.15, 0.2) is 34.2 Å². The summed E-state index contributed by atoms with van der Waals surface area (Å²) in [6, 6.07) is 8.30. The highest BCUT2D eigenvalue weighted by molar-refractivity contribution is 7.99. The lowest BCUT2D eigenvalue weighted by atomic mass is 9.69. The van der Waals surface area contributed by atoms with Gasteiger partial charge in [-0.1, -0.05) is 56.8 Å². The third-order valence-electron chi connectivity index (χ3n) is 5.29. The van der Waals surface area contributed by atoms with Gasteiger partial charge in [0.1, 0.15) is 0 Å². The van der Waals surface area contributed by atoms with E-state index in [4.69, 9.17) is 4.98 Å². The summed E-state index contributed by atoms with van der Waals surface area (Å²) in [7, 11) is 1.85. The highest BCUT2D eigenvalue weighted by Crippen LogP contribution is 2.42. The van der Waals surface area contributed by atoms with Gasteiger partial charge in [-0.05, 0) is 24.2 Å². The Balaban J connectivity index is 2.15. The molecular weight excluding hydrogens is 332 g/mol. The van der Waals surface area contributed by atoms with Gasteiger partial charge in [-0.25, -0.2) is 14.1 Å². The summed E-state index contributed by atoms with van der Waals surface area (Å²) in [4.78, 5) is 18.4. The number of hydrogen-bond donors (Lipinski definition) is 0. The molecule has 2 heterocycles. The van der Waals surface area contributed by atoms with Crippen LogP contribution < -0.4 is 5.56 Å². The van der Waals surface area contributed by atoms with Crippen LogP contribution in [-0.4, -0.2) is 24.9 Å². The average Bonchev–Trinajstić information content (AvgIpc) is 2.91. The second-order valence-electron chi connectivity index (χ2n) is 6.86. The van der Waals surface area contributed by atoms with Gasteiger partial charge in [-0.15, -0.1) is 5.10 Å². The van der Waals surface area contributed by atoms with Gasteiger partial charge in [0.2, 0.25) is 5.78 Å². The van der Waals surface area contributed by atoms with Crippen LogP contribution >= 0.6 is 11.8 Å². The van der Waals surface area contributed by atoms with Crippen LogP contribution in [0.1, 0.15) is 38.3 Å². The fourth-order valence-electron chi connectivity index (χ4n) is 3.79. The van der Waals surface area contributed by atoms with Crippen molar-refractivity contribution in [1.82, 2.24) is 19.2 Å². The summed E-state index contributed by atoms with van der Waals surface area (Å²) < 4.78 is 3.40. The lowest BCUT2D eigenvalue weighted by molar-refractivity contribution is 0.439. The van der Waals surface area contributed by atoms with Crippen molar-refractivity contribution in [3.8, 4) is 11.3 Å². The third-order valence-corrected chi connectivity index (χ3v) is 6.10. The van der Waals surface area contributed by atoms with Crippen LogP contribution in [0.5, 0.6) is 0 Å². The molecular formula is C19H22N4OS. The largest absolute Gasteiger partial charge is 0.268 e. The third kappa shape index (κ3) is 2.27. The quantitative estimate of drug-likeness (QED) is 0.676. The first-order valence-electron chi connectivity index (χ1n) is 8.71. The van der Waals surface area contributed by atoms with Gasteiger partial charge in [0.05, 0.1) is 11.3 Å². The number of thioether (sulfide) groups is 1. The van der Waals surface area contributed by atoms with Crippen molar-refractivity contribution in [2.75, 3.05) is 5.75 Å². The molecule has 130 valence electrons. The monoisotopic (exact) mass is 354 g/mol. The van der Waals surface area contributed by atoms with Gasteiger partial charge in [-0.2, -0.15) is 0 Å². The lowest BCUT2D eigenvalue weighted by Crippen LogP contribution is -2.37. The molecule has 0 fully saturated rings. The molecule has 2 aromatic heterocycles. The standard InChI is InChI=1S/C19H22N4OS/c1-5-19(3)11-12-9-7-8-10-13(12)15-14(19)16(24)23-17(20-15)22(4)21-18(23)25-6-2/h7-10H,5-6,11H2,1-4H3/t19-/m0/s1. The van der Waals surface area contributed by atoms with E-state index in [0.29, 0.717) is 5.78 Å². The zero-order chi connectivity index (χ0) is 17.8. The minimum atomic E-state index is -0.209. The summed E-state index contributed by atoms with van der Waals surface area (Å²) in [6.07, 6.45) is 1.76. The Morgan fingerprint density at radius 1 is 1.28 bits per heavy atom. The number of hydrogen-bond acceptors (Lipinski definition) is 4. The Morgan fingerprint density at radius 3 is 2.76 bits per heavy atom. The topological polar surface area (TPSA) is 52.2 Å². The van der Waals surface area contributed by atoms with E-state index in [2.05, 4.69) is 44.1 Å². The van der Waals surface area contributed by atoms with E-state index < -0.39 is 0 Å². The predicted molar refractivity (Wildman–Crippen MR) is 101 cm³/mol.